The van der Waals surface area contributed by atoms with Crippen molar-refractivity contribution in [3.05, 3.63) is 70.8 Å². The number of benzene rings is 2. The molecular formula is C21H24O4. The van der Waals surface area contributed by atoms with Gasteiger partial charge in [0.2, 0.25) is 0 Å². The van der Waals surface area contributed by atoms with E-state index in [0.29, 0.717) is 0 Å². The van der Waals surface area contributed by atoms with Crippen LogP contribution < -0.4 is 0 Å². The summed E-state index contributed by atoms with van der Waals surface area (Å²) in [5.74, 6) is -1.19. The number of carbonyl (C=O) groups excluding carboxylic acids is 2. The highest BCUT2D eigenvalue weighted by atomic mass is 16.6. The van der Waals surface area contributed by atoms with Crippen LogP contribution in [-0.4, -0.2) is 11.9 Å². The third-order valence-electron chi connectivity index (χ3n) is 4.00. The highest BCUT2D eigenvalue weighted by Crippen LogP contribution is 2.21. The summed E-state index contributed by atoms with van der Waals surface area (Å²) in [5, 5.41) is 0. The summed E-state index contributed by atoms with van der Waals surface area (Å²) in [6.07, 6.45) is 0. The van der Waals surface area contributed by atoms with Crippen molar-refractivity contribution in [1.82, 2.24) is 0 Å². The van der Waals surface area contributed by atoms with Gasteiger partial charge in [-0.2, -0.15) is 0 Å². The molecule has 2 aromatic rings. The number of hydrogen-bond donors (Lipinski definition) is 0. The van der Waals surface area contributed by atoms with Crippen molar-refractivity contribution in [3.63, 3.8) is 0 Å². The Morgan fingerprint density at radius 3 is 1.36 bits per heavy atom. The molecule has 0 saturated heterocycles. The Morgan fingerprint density at radius 1 is 0.720 bits per heavy atom. The average molecular weight is 340 g/mol. The van der Waals surface area contributed by atoms with Crippen LogP contribution in [0.25, 0.3) is 0 Å². The van der Waals surface area contributed by atoms with Crippen molar-refractivity contribution in [3.8, 4) is 0 Å². The number of aryl methyl sites for hydroxylation is 2. The first kappa shape index (κ1) is 18.7. The fourth-order valence-corrected chi connectivity index (χ4v) is 2.11. The zero-order valence-corrected chi connectivity index (χ0v) is 15.2. The van der Waals surface area contributed by atoms with Crippen molar-refractivity contribution in [2.24, 2.45) is 5.41 Å². The van der Waals surface area contributed by atoms with Crippen LogP contribution in [0.4, 0.5) is 0 Å². The van der Waals surface area contributed by atoms with Crippen LogP contribution in [0, 0.1) is 19.3 Å². The lowest BCUT2D eigenvalue weighted by Gasteiger charge is -2.21. The highest BCUT2D eigenvalue weighted by molar-refractivity contribution is 5.99. The van der Waals surface area contributed by atoms with Gasteiger partial charge < -0.3 is 9.47 Å². The standard InChI is InChI=1S/C21H24O4/c1-15-5-9-17(10-6-15)13-24-19(22)21(3,4)20(23)25-14-18-11-7-16(2)8-12-18/h5-12H,13-14H2,1-4H3. The topological polar surface area (TPSA) is 52.6 Å². The lowest BCUT2D eigenvalue weighted by Crippen LogP contribution is -2.36. The van der Waals surface area contributed by atoms with Crippen molar-refractivity contribution < 1.29 is 19.1 Å². The normalized spacial score (nSPS) is 11.0. The molecule has 0 radical (unpaired) electrons. The number of carbonyl (C=O) groups is 2. The molecule has 25 heavy (non-hydrogen) atoms. The summed E-state index contributed by atoms with van der Waals surface area (Å²) in [6, 6.07) is 15.4. The third-order valence-corrected chi connectivity index (χ3v) is 4.00. The molecule has 0 spiro atoms. The molecule has 0 amide bonds. The molecule has 0 saturated carbocycles. The molecule has 4 nitrogen and oxygen atoms in total. The Kier molecular flexibility index (Phi) is 5.97. The van der Waals surface area contributed by atoms with Gasteiger partial charge in [-0.1, -0.05) is 59.7 Å². The van der Waals surface area contributed by atoms with Gasteiger partial charge in [-0.15, -0.1) is 0 Å². The second kappa shape index (κ2) is 7.97. The van der Waals surface area contributed by atoms with E-state index in [-0.39, 0.29) is 13.2 Å². The summed E-state index contributed by atoms with van der Waals surface area (Å²) in [5.41, 5.74) is 2.67. The van der Waals surface area contributed by atoms with Crippen molar-refractivity contribution in [1.29, 1.82) is 0 Å². The van der Waals surface area contributed by atoms with Gasteiger partial charge in [-0.3, -0.25) is 9.59 Å². The maximum absolute atomic E-state index is 12.3. The Balaban J connectivity index is 1.89. The van der Waals surface area contributed by atoms with E-state index in [1.807, 2.05) is 62.4 Å². The summed E-state index contributed by atoms with van der Waals surface area (Å²) in [7, 11) is 0. The largest absolute Gasteiger partial charge is 0.460 e. The quantitative estimate of drug-likeness (QED) is 0.586. The molecule has 0 aliphatic heterocycles. The SMILES string of the molecule is Cc1ccc(COC(=O)C(C)(C)C(=O)OCc2ccc(C)cc2)cc1. The number of esters is 2. The summed E-state index contributed by atoms with van der Waals surface area (Å²) < 4.78 is 10.6. The molecule has 2 aromatic carbocycles. The zero-order chi connectivity index (χ0) is 18.4. The van der Waals surface area contributed by atoms with Gasteiger partial charge in [0.15, 0.2) is 5.41 Å². The van der Waals surface area contributed by atoms with Crippen molar-refractivity contribution in [2.75, 3.05) is 0 Å². The molecule has 0 fully saturated rings. The predicted octanol–water partition coefficient (Wildman–Crippen LogP) is 4.12. The van der Waals surface area contributed by atoms with Crippen LogP contribution in [0.1, 0.15) is 36.1 Å². The van der Waals surface area contributed by atoms with Crippen LogP contribution in [0.3, 0.4) is 0 Å². The zero-order valence-electron chi connectivity index (χ0n) is 15.2. The first-order valence-electron chi connectivity index (χ1n) is 8.24. The molecular weight excluding hydrogens is 316 g/mol. The number of rotatable bonds is 6. The van der Waals surface area contributed by atoms with Crippen LogP contribution in [0.5, 0.6) is 0 Å². The summed E-state index contributed by atoms with van der Waals surface area (Å²) in [6.45, 7) is 7.28. The maximum Gasteiger partial charge on any atom is 0.323 e. The minimum atomic E-state index is -1.35. The first-order valence-corrected chi connectivity index (χ1v) is 8.24. The molecule has 0 bridgehead atoms. The molecule has 2 rings (SSSR count). The van der Waals surface area contributed by atoms with Gasteiger partial charge in [-0.05, 0) is 38.8 Å². The molecule has 0 aliphatic rings. The maximum atomic E-state index is 12.3. The number of ether oxygens (including phenoxy) is 2. The monoisotopic (exact) mass is 340 g/mol. The van der Waals surface area contributed by atoms with Gasteiger partial charge in [0.1, 0.15) is 13.2 Å². The van der Waals surface area contributed by atoms with Crippen LogP contribution in [-0.2, 0) is 32.3 Å². The Hall–Kier alpha value is -2.62. The molecule has 0 heterocycles. The number of hydrogen-bond acceptors (Lipinski definition) is 4. The first-order chi connectivity index (χ1) is 11.8. The molecule has 4 heteroatoms. The molecule has 0 atom stereocenters. The molecule has 0 unspecified atom stereocenters. The fraction of sp³-hybridized carbons (Fsp3) is 0.333. The van der Waals surface area contributed by atoms with Crippen LogP contribution >= 0.6 is 0 Å². The van der Waals surface area contributed by atoms with Crippen LogP contribution in [0.15, 0.2) is 48.5 Å². The van der Waals surface area contributed by atoms with Gasteiger partial charge in [0.05, 0.1) is 0 Å². The summed E-state index contributed by atoms with van der Waals surface area (Å²) in [4.78, 5) is 24.6. The van der Waals surface area contributed by atoms with E-state index in [9.17, 15) is 9.59 Å². The minimum absolute atomic E-state index is 0.133. The molecule has 132 valence electrons. The Labute approximate surface area is 148 Å². The van der Waals surface area contributed by atoms with E-state index in [2.05, 4.69) is 0 Å². The summed E-state index contributed by atoms with van der Waals surface area (Å²) >= 11 is 0. The van der Waals surface area contributed by atoms with Gasteiger partial charge in [-0.25, -0.2) is 0 Å². The third kappa shape index (κ3) is 5.18. The van der Waals surface area contributed by atoms with E-state index in [1.165, 1.54) is 13.8 Å². The molecule has 0 aliphatic carbocycles. The molecule has 0 N–H and O–H groups in total. The second-order valence-electron chi connectivity index (χ2n) is 6.75. The smallest absolute Gasteiger partial charge is 0.323 e. The van der Waals surface area contributed by atoms with E-state index in [0.717, 1.165) is 22.3 Å². The van der Waals surface area contributed by atoms with Gasteiger partial charge >= 0.3 is 11.9 Å². The van der Waals surface area contributed by atoms with Crippen LogP contribution in [0.2, 0.25) is 0 Å². The van der Waals surface area contributed by atoms with Crippen molar-refractivity contribution >= 4 is 11.9 Å². The second-order valence-corrected chi connectivity index (χ2v) is 6.75. The van der Waals surface area contributed by atoms with E-state index >= 15 is 0 Å². The average Bonchev–Trinajstić information content (AvgIpc) is 2.60. The Morgan fingerprint density at radius 2 is 1.04 bits per heavy atom. The van der Waals surface area contributed by atoms with Crippen molar-refractivity contribution in [2.45, 2.75) is 40.9 Å². The van der Waals surface area contributed by atoms with E-state index < -0.39 is 17.4 Å². The molecule has 0 aromatic heterocycles. The van der Waals surface area contributed by atoms with E-state index in [4.69, 9.17) is 9.47 Å². The van der Waals surface area contributed by atoms with E-state index in [1.54, 1.807) is 0 Å². The lowest BCUT2D eigenvalue weighted by atomic mass is 9.94. The highest BCUT2D eigenvalue weighted by Gasteiger charge is 2.39. The lowest BCUT2D eigenvalue weighted by molar-refractivity contribution is -0.171. The predicted molar refractivity (Wildman–Crippen MR) is 95.7 cm³/mol. The Bertz CT molecular complexity index is 664. The van der Waals surface area contributed by atoms with Gasteiger partial charge in [0, 0.05) is 0 Å². The fourth-order valence-electron chi connectivity index (χ4n) is 2.11. The van der Waals surface area contributed by atoms with Gasteiger partial charge in [0.25, 0.3) is 0 Å². The minimum Gasteiger partial charge on any atom is -0.460 e.